The molecular weight excluding hydrogens is 221 g/mol. The third kappa shape index (κ3) is 4.27. The number of hydrogen-bond donors (Lipinski definition) is 2. The molecule has 0 aromatic rings. The Morgan fingerprint density at radius 2 is 2.19 bits per heavy atom. The predicted molar refractivity (Wildman–Crippen MR) is 55.2 cm³/mol. The van der Waals surface area contributed by atoms with E-state index >= 15 is 0 Å². The number of nitrogens with one attached hydrogen (secondary N) is 1. The Hall–Kier alpha value is -0.330. The zero-order chi connectivity index (χ0) is 12.2. The second-order valence-corrected chi connectivity index (χ2v) is 4.21. The van der Waals surface area contributed by atoms with E-state index < -0.39 is 12.3 Å². The third-order valence-electron chi connectivity index (χ3n) is 2.81. The van der Waals surface area contributed by atoms with Crippen molar-refractivity contribution in [3.8, 4) is 0 Å². The summed E-state index contributed by atoms with van der Waals surface area (Å²) in [5.74, 6) is 0. The third-order valence-corrected chi connectivity index (χ3v) is 2.81. The van der Waals surface area contributed by atoms with E-state index in [2.05, 4.69) is 5.32 Å². The molecule has 0 aliphatic carbocycles. The molecule has 0 radical (unpaired) electrons. The molecule has 0 aromatic heterocycles. The lowest BCUT2D eigenvalue weighted by Gasteiger charge is -2.34. The summed E-state index contributed by atoms with van der Waals surface area (Å²) < 4.78 is 36.5. The molecule has 96 valence electrons. The lowest BCUT2D eigenvalue weighted by molar-refractivity contribution is -0.208. The van der Waals surface area contributed by atoms with Gasteiger partial charge in [0, 0.05) is 19.1 Å². The normalized spacial score (nSPS) is 25.7. The lowest BCUT2D eigenvalue weighted by atomic mass is 10.1. The Morgan fingerprint density at radius 3 is 2.75 bits per heavy atom. The fourth-order valence-electron chi connectivity index (χ4n) is 2.02. The maximum Gasteiger partial charge on any atom is 0.415 e. The second-order valence-electron chi connectivity index (χ2n) is 4.21. The molecule has 1 aliphatic rings. The van der Waals surface area contributed by atoms with Gasteiger partial charge in [-0.25, -0.2) is 0 Å². The number of aliphatic hydroxyl groups excluding tert-OH is 1. The van der Waals surface area contributed by atoms with E-state index in [4.69, 9.17) is 5.11 Å². The average molecular weight is 240 g/mol. The van der Waals surface area contributed by atoms with Crippen LogP contribution in [0.5, 0.6) is 0 Å². The van der Waals surface area contributed by atoms with E-state index in [0.717, 1.165) is 19.4 Å². The van der Waals surface area contributed by atoms with Gasteiger partial charge in [0.1, 0.15) is 0 Å². The minimum absolute atomic E-state index is 0.249. The minimum atomic E-state index is -4.51. The summed E-state index contributed by atoms with van der Waals surface area (Å²) in [5, 5.41) is 12.2. The number of rotatable bonds is 4. The zero-order valence-corrected chi connectivity index (χ0v) is 9.43. The molecule has 2 unspecified atom stereocenters. The number of β-amino-alcohol motifs (C(OH)–C–C–N with tert-alkyl or cyclic N) is 1. The maximum absolute atomic E-state index is 12.2. The van der Waals surface area contributed by atoms with Crippen LogP contribution in [0.2, 0.25) is 0 Å². The molecule has 1 heterocycles. The van der Waals surface area contributed by atoms with Crippen LogP contribution in [0.15, 0.2) is 0 Å². The van der Waals surface area contributed by atoms with Crippen molar-refractivity contribution < 1.29 is 18.3 Å². The van der Waals surface area contributed by atoms with Crippen molar-refractivity contribution in [1.29, 1.82) is 0 Å². The van der Waals surface area contributed by atoms with Crippen molar-refractivity contribution in [2.75, 3.05) is 26.2 Å². The SMILES string of the molecule is CCNC1CCCN(CC(O)C(F)(F)F)C1. The van der Waals surface area contributed by atoms with Crippen LogP contribution in [0.4, 0.5) is 13.2 Å². The van der Waals surface area contributed by atoms with Gasteiger partial charge < -0.3 is 10.4 Å². The Kier molecular flexibility index (Phi) is 5.01. The number of halogens is 3. The van der Waals surface area contributed by atoms with Crippen LogP contribution in [-0.4, -0.2) is 54.5 Å². The van der Waals surface area contributed by atoms with Crippen LogP contribution < -0.4 is 5.32 Å². The van der Waals surface area contributed by atoms with E-state index in [9.17, 15) is 13.2 Å². The summed E-state index contributed by atoms with van der Waals surface area (Å²) in [7, 11) is 0. The van der Waals surface area contributed by atoms with Crippen LogP contribution in [0.1, 0.15) is 19.8 Å². The van der Waals surface area contributed by atoms with Crippen molar-refractivity contribution in [3.63, 3.8) is 0 Å². The van der Waals surface area contributed by atoms with E-state index in [1.54, 1.807) is 4.90 Å². The number of alkyl halides is 3. The van der Waals surface area contributed by atoms with Crippen LogP contribution in [-0.2, 0) is 0 Å². The number of likely N-dealkylation sites (N-methyl/N-ethyl adjacent to an activating group) is 1. The quantitative estimate of drug-likeness (QED) is 0.769. The summed E-state index contributed by atoms with van der Waals surface area (Å²) in [6.07, 6.45) is -4.87. The molecule has 0 spiro atoms. The van der Waals surface area contributed by atoms with Crippen LogP contribution in [0.3, 0.4) is 0 Å². The molecule has 2 N–H and O–H groups in total. The van der Waals surface area contributed by atoms with Crippen LogP contribution >= 0.6 is 0 Å². The van der Waals surface area contributed by atoms with Crippen molar-refractivity contribution in [2.45, 2.75) is 38.1 Å². The van der Waals surface area contributed by atoms with Gasteiger partial charge in [-0.05, 0) is 25.9 Å². The topological polar surface area (TPSA) is 35.5 Å². The Bertz CT molecular complexity index is 209. The number of likely N-dealkylation sites (tertiary alicyclic amines) is 1. The summed E-state index contributed by atoms with van der Waals surface area (Å²) >= 11 is 0. The Labute approximate surface area is 93.6 Å². The minimum Gasteiger partial charge on any atom is -0.382 e. The standard InChI is InChI=1S/C10H19F3N2O/c1-2-14-8-4-3-5-15(6-8)7-9(16)10(11,12)13/h8-9,14,16H,2-7H2,1H3. The number of nitrogens with zero attached hydrogens (tertiary/aromatic N) is 1. The molecule has 0 saturated carbocycles. The van der Waals surface area contributed by atoms with E-state index in [1.807, 2.05) is 6.92 Å². The average Bonchev–Trinajstić information content (AvgIpc) is 2.17. The number of piperidine rings is 1. The van der Waals surface area contributed by atoms with Gasteiger partial charge in [0.25, 0.3) is 0 Å². The summed E-state index contributed by atoms with van der Waals surface area (Å²) in [5.41, 5.74) is 0. The molecule has 3 nitrogen and oxygen atoms in total. The van der Waals surface area contributed by atoms with Crippen molar-refractivity contribution in [2.24, 2.45) is 0 Å². The molecule has 0 amide bonds. The van der Waals surface area contributed by atoms with Crippen molar-refractivity contribution in [1.82, 2.24) is 10.2 Å². The van der Waals surface area contributed by atoms with Gasteiger partial charge in [-0.3, -0.25) is 4.90 Å². The van der Waals surface area contributed by atoms with Gasteiger partial charge >= 0.3 is 6.18 Å². The lowest BCUT2D eigenvalue weighted by Crippen LogP contribution is -2.50. The Balaban J connectivity index is 2.37. The highest BCUT2D eigenvalue weighted by molar-refractivity contribution is 4.80. The highest BCUT2D eigenvalue weighted by atomic mass is 19.4. The highest BCUT2D eigenvalue weighted by Crippen LogP contribution is 2.21. The number of hydrogen-bond acceptors (Lipinski definition) is 3. The summed E-state index contributed by atoms with van der Waals surface area (Å²) in [6, 6.07) is 0.249. The molecule has 0 bridgehead atoms. The molecular formula is C10H19F3N2O. The van der Waals surface area contributed by atoms with Crippen molar-refractivity contribution >= 4 is 0 Å². The second kappa shape index (κ2) is 5.84. The van der Waals surface area contributed by atoms with Gasteiger partial charge in [0.05, 0.1) is 0 Å². The fraction of sp³-hybridized carbons (Fsp3) is 1.00. The van der Waals surface area contributed by atoms with Crippen LogP contribution in [0.25, 0.3) is 0 Å². The molecule has 16 heavy (non-hydrogen) atoms. The first-order valence-electron chi connectivity index (χ1n) is 5.64. The summed E-state index contributed by atoms with van der Waals surface area (Å²) in [6.45, 7) is 3.70. The molecule has 1 rings (SSSR count). The smallest absolute Gasteiger partial charge is 0.382 e. The van der Waals surface area contributed by atoms with Crippen LogP contribution in [0, 0.1) is 0 Å². The zero-order valence-electron chi connectivity index (χ0n) is 9.43. The van der Waals surface area contributed by atoms with E-state index in [0.29, 0.717) is 13.1 Å². The van der Waals surface area contributed by atoms with Gasteiger partial charge in [-0.1, -0.05) is 6.92 Å². The predicted octanol–water partition coefficient (Wildman–Crippen LogP) is 0.983. The highest BCUT2D eigenvalue weighted by Gasteiger charge is 2.39. The maximum atomic E-state index is 12.2. The van der Waals surface area contributed by atoms with Crippen molar-refractivity contribution in [3.05, 3.63) is 0 Å². The monoisotopic (exact) mass is 240 g/mol. The fourth-order valence-corrected chi connectivity index (χ4v) is 2.02. The van der Waals surface area contributed by atoms with Gasteiger partial charge in [-0.15, -0.1) is 0 Å². The first-order valence-corrected chi connectivity index (χ1v) is 5.64. The molecule has 0 aromatic carbocycles. The first-order chi connectivity index (χ1) is 7.43. The molecule has 6 heteroatoms. The molecule has 1 saturated heterocycles. The molecule has 1 fully saturated rings. The summed E-state index contributed by atoms with van der Waals surface area (Å²) in [4.78, 5) is 1.68. The van der Waals surface area contributed by atoms with E-state index in [-0.39, 0.29) is 12.6 Å². The van der Waals surface area contributed by atoms with Gasteiger partial charge in [-0.2, -0.15) is 13.2 Å². The molecule has 2 atom stereocenters. The largest absolute Gasteiger partial charge is 0.415 e. The molecule has 1 aliphatic heterocycles. The first kappa shape index (κ1) is 13.7. The Morgan fingerprint density at radius 1 is 1.50 bits per heavy atom. The number of aliphatic hydroxyl groups is 1. The van der Waals surface area contributed by atoms with Gasteiger partial charge in [0.15, 0.2) is 6.10 Å². The van der Waals surface area contributed by atoms with E-state index in [1.165, 1.54) is 0 Å². The van der Waals surface area contributed by atoms with Gasteiger partial charge in [0.2, 0.25) is 0 Å².